The molecule has 0 heterocycles. The number of nitrogens with one attached hydrogen (secondary N) is 1. The summed E-state index contributed by atoms with van der Waals surface area (Å²) in [5.74, 6) is -1.44. The number of anilines is 1. The van der Waals surface area contributed by atoms with Crippen LogP contribution in [0.15, 0.2) is 77.7 Å². The number of aryl methyl sites for hydroxylation is 2. The number of hydrogen-bond donors (Lipinski definition) is 1. The lowest BCUT2D eigenvalue weighted by atomic mass is 10.1. The fraction of sp³-hybridized carbons (Fsp3) is 0.286. The van der Waals surface area contributed by atoms with Crippen LogP contribution in [0.4, 0.5) is 10.1 Å². The molecule has 0 aliphatic carbocycles. The number of carbonyl (C=O) groups excluding carboxylic acids is 2. The average Bonchev–Trinajstić information content (AvgIpc) is 2.88. The maximum atomic E-state index is 13.8. The molecule has 196 valence electrons. The Morgan fingerprint density at radius 2 is 1.57 bits per heavy atom. The highest BCUT2D eigenvalue weighted by Gasteiger charge is 2.33. The third-order valence-electron chi connectivity index (χ3n) is 6.24. The van der Waals surface area contributed by atoms with Crippen molar-refractivity contribution in [1.29, 1.82) is 0 Å². The Morgan fingerprint density at radius 1 is 0.946 bits per heavy atom. The van der Waals surface area contributed by atoms with E-state index >= 15 is 0 Å². The molecule has 1 N–H and O–H groups in total. The van der Waals surface area contributed by atoms with Crippen LogP contribution in [-0.4, -0.2) is 44.8 Å². The van der Waals surface area contributed by atoms with Gasteiger partial charge in [0.05, 0.1) is 10.6 Å². The molecule has 0 aromatic heterocycles. The fourth-order valence-electron chi connectivity index (χ4n) is 4.03. The number of likely N-dealkylation sites (N-methyl/N-ethyl adjacent to an activating group) is 1. The fourth-order valence-corrected chi connectivity index (χ4v) is 5.44. The maximum absolute atomic E-state index is 13.8. The molecule has 0 saturated carbocycles. The van der Waals surface area contributed by atoms with Crippen molar-refractivity contribution in [2.45, 2.75) is 44.7 Å². The molecule has 0 aliphatic heterocycles. The lowest BCUT2D eigenvalue weighted by Crippen LogP contribution is -2.51. The Hall–Kier alpha value is -3.72. The van der Waals surface area contributed by atoms with E-state index in [1.165, 1.54) is 36.2 Å². The predicted octanol–water partition coefficient (Wildman–Crippen LogP) is 4.19. The van der Waals surface area contributed by atoms with Crippen LogP contribution < -0.4 is 9.62 Å². The van der Waals surface area contributed by atoms with E-state index in [9.17, 15) is 22.4 Å². The van der Waals surface area contributed by atoms with Crippen molar-refractivity contribution in [3.8, 4) is 0 Å². The van der Waals surface area contributed by atoms with E-state index in [4.69, 9.17) is 0 Å². The summed E-state index contributed by atoms with van der Waals surface area (Å²) < 4.78 is 42.1. The lowest BCUT2D eigenvalue weighted by molar-refractivity contribution is -0.140. The topological polar surface area (TPSA) is 86.8 Å². The van der Waals surface area contributed by atoms with Crippen molar-refractivity contribution in [2.24, 2.45) is 0 Å². The summed E-state index contributed by atoms with van der Waals surface area (Å²) in [4.78, 5) is 28.0. The van der Waals surface area contributed by atoms with Crippen molar-refractivity contribution in [1.82, 2.24) is 10.2 Å². The van der Waals surface area contributed by atoms with Crippen molar-refractivity contribution in [2.75, 3.05) is 17.9 Å². The molecule has 1 atom stereocenters. The number of nitrogens with zero attached hydrogens (tertiary/aromatic N) is 2. The van der Waals surface area contributed by atoms with E-state index in [0.717, 1.165) is 33.1 Å². The Labute approximate surface area is 218 Å². The summed E-state index contributed by atoms with van der Waals surface area (Å²) in [5, 5.41) is 2.60. The third kappa shape index (κ3) is 6.54. The van der Waals surface area contributed by atoms with Gasteiger partial charge in [-0.15, -0.1) is 0 Å². The van der Waals surface area contributed by atoms with Gasteiger partial charge < -0.3 is 10.2 Å². The molecule has 3 aromatic carbocycles. The van der Waals surface area contributed by atoms with Crippen LogP contribution in [0.3, 0.4) is 0 Å². The monoisotopic (exact) mass is 525 g/mol. The van der Waals surface area contributed by atoms with E-state index in [-0.39, 0.29) is 23.0 Å². The van der Waals surface area contributed by atoms with Crippen LogP contribution >= 0.6 is 0 Å². The first kappa shape index (κ1) is 27.9. The molecular weight excluding hydrogens is 493 g/mol. The molecule has 0 saturated heterocycles. The Kier molecular flexibility index (Phi) is 9.04. The first-order valence-electron chi connectivity index (χ1n) is 12.0. The molecule has 0 radical (unpaired) electrons. The minimum Gasteiger partial charge on any atom is -0.357 e. The number of sulfonamides is 1. The SMILES string of the molecule is CC[C@H](C(=O)NC)N(Cc1ccccc1C)C(=O)CN(c1ccc(F)cc1)S(=O)(=O)c1ccc(C)cc1. The van der Waals surface area contributed by atoms with E-state index in [2.05, 4.69) is 5.32 Å². The minimum atomic E-state index is -4.19. The zero-order valence-corrected chi connectivity index (χ0v) is 22.3. The molecule has 3 aromatic rings. The number of amides is 2. The van der Waals surface area contributed by atoms with Gasteiger partial charge in [0, 0.05) is 13.6 Å². The van der Waals surface area contributed by atoms with Crippen LogP contribution in [0.2, 0.25) is 0 Å². The zero-order valence-electron chi connectivity index (χ0n) is 21.4. The largest absolute Gasteiger partial charge is 0.357 e. The lowest BCUT2D eigenvalue weighted by Gasteiger charge is -2.33. The van der Waals surface area contributed by atoms with Gasteiger partial charge in [0.15, 0.2) is 0 Å². The molecular formula is C28H32FN3O4S. The van der Waals surface area contributed by atoms with E-state index in [1.54, 1.807) is 19.1 Å². The van der Waals surface area contributed by atoms with E-state index in [1.807, 2.05) is 38.1 Å². The quantitative estimate of drug-likeness (QED) is 0.430. The molecule has 2 amide bonds. The van der Waals surface area contributed by atoms with E-state index in [0.29, 0.717) is 6.42 Å². The smallest absolute Gasteiger partial charge is 0.264 e. The summed E-state index contributed by atoms with van der Waals surface area (Å²) in [6.45, 7) is 5.09. The highest BCUT2D eigenvalue weighted by atomic mass is 32.2. The van der Waals surface area contributed by atoms with Gasteiger partial charge in [-0.25, -0.2) is 12.8 Å². The highest BCUT2D eigenvalue weighted by molar-refractivity contribution is 7.92. The normalized spacial score (nSPS) is 12.0. The van der Waals surface area contributed by atoms with Crippen molar-refractivity contribution >= 4 is 27.5 Å². The summed E-state index contributed by atoms with van der Waals surface area (Å²) in [5.41, 5.74) is 2.80. The minimum absolute atomic E-state index is 0.000906. The number of halogens is 1. The Balaban J connectivity index is 2.06. The molecule has 3 rings (SSSR count). The molecule has 0 spiro atoms. The first-order chi connectivity index (χ1) is 17.6. The van der Waals surface area contributed by atoms with Crippen molar-refractivity contribution in [3.05, 3.63) is 95.3 Å². The highest BCUT2D eigenvalue weighted by Crippen LogP contribution is 2.25. The average molecular weight is 526 g/mol. The second-order valence-electron chi connectivity index (χ2n) is 8.79. The summed E-state index contributed by atoms with van der Waals surface area (Å²) in [6, 6.07) is 17.9. The van der Waals surface area contributed by atoms with Gasteiger partial charge in [0.2, 0.25) is 11.8 Å². The van der Waals surface area contributed by atoms with Gasteiger partial charge in [-0.1, -0.05) is 48.9 Å². The van der Waals surface area contributed by atoms with Gasteiger partial charge in [-0.3, -0.25) is 13.9 Å². The molecule has 0 fully saturated rings. The maximum Gasteiger partial charge on any atom is 0.264 e. The molecule has 7 nitrogen and oxygen atoms in total. The van der Waals surface area contributed by atoms with Gasteiger partial charge in [-0.2, -0.15) is 0 Å². The summed E-state index contributed by atoms with van der Waals surface area (Å²) >= 11 is 0. The van der Waals surface area contributed by atoms with Crippen molar-refractivity contribution < 1.29 is 22.4 Å². The van der Waals surface area contributed by atoms with Crippen molar-refractivity contribution in [3.63, 3.8) is 0 Å². The summed E-state index contributed by atoms with van der Waals surface area (Å²) in [7, 11) is -2.69. The molecule has 37 heavy (non-hydrogen) atoms. The van der Waals surface area contributed by atoms with Crippen LogP contribution in [0.25, 0.3) is 0 Å². The van der Waals surface area contributed by atoms with Gasteiger partial charge >= 0.3 is 0 Å². The van der Waals surface area contributed by atoms with E-state index < -0.39 is 34.3 Å². The molecule has 9 heteroatoms. The number of carbonyl (C=O) groups is 2. The molecule has 0 bridgehead atoms. The van der Waals surface area contributed by atoms with Crippen LogP contribution in [0.1, 0.15) is 30.0 Å². The van der Waals surface area contributed by atoms with Crippen LogP contribution in [0.5, 0.6) is 0 Å². The van der Waals surface area contributed by atoms with Gasteiger partial charge in [0.1, 0.15) is 18.4 Å². The first-order valence-corrected chi connectivity index (χ1v) is 13.4. The zero-order chi connectivity index (χ0) is 27.2. The number of hydrogen-bond acceptors (Lipinski definition) is 4. The third-order valence-corrected chi connectivity index (χ3v) is 8.02. The number of rotatable bonds is 10. The van der Waals surface area contributed by atoms with Gasteiger partial charge in [-0.05, 0) is 67.8 Å². The predicted molar refractivity (Wildman–Crippen MR) is 142 cm³/mol. The van der Waals surface area contributed by atoms with Gasteiger partial charge in [0.25, 0.3) is 10.0 Å². The van der Waals surface area contributed by atoms with Crippen LogP contribution in [0, 0.1) is 19.7 Å². The Bertz CT molecular complexity index is 1340. The second-order valence-corrected chi connectivity index (χ2v) is 10.6. The Morgan fingerprint density at radius 3 is 2.14 bits per heavy atom. The number of benzene rings is 3. The summed E-state index contributed by atoms with van der Waals surface area (Å²) in [6.07, 6.45) is 0.332. The molecule has 0 aliphatic rings. The molecule has 0 unspecified atom stereocenters. The second kappa shape index (κ2) is 12.0. The van der Waals surface area contributed by atoms with Crippen LogP contribution in [-0.2, 0) is 26.2 Å². The standard InChI is InChI=1S/C28H32FN3O4S/c1-5-26(28(34)30-4)31(18-22-9-7-6-8-21(22)3)27(33)19-32(24-14-12-23(29)13-15-24)37(35,36)25-16-10-20(2)11-17-25/h6-17,26H,5,18-19H2,1-4H3,(H,30,34)/t26-/m1/s1.